The summed E-state index contributed by atoms with van der Waals surface area (Å²) >= 11 is 1.62. The van der Waals surface area contributed by atoms with Crippen molar-refractivity contribution in [3.05, 3.63) is 35.9 Å². The molecule has 0 radical (unpaired) electrons. The van der Waals surface area contributed by atoms with Gasteiger partial charge < -0.3 is 15.2 Å². The number of nitrogens with zero attached hydrogens (tertiary/aromatic N) is 3. The van der Waals surface area contributed by atoms with E-state index < -0.39 is 0 Å². The summed E-state index contributed by atoms with van der Waals surface area (Å²) in [5.41, 5.74) is 7.27. The maximum atomic E-state index is 6.03. The SMILES string of the molecule is COCCCCCOCC1CCN(N2N=C(N)SC2c2ccccc2)CC1. The first kappa shape index (κ1) is 20.5. The van der Waals surface area contributed by atoms with E-state index in [4.69, 9.17) is 15.2 Å². The molecule has 6 nitrogen and oxygen atoms in total. The van der Waals surface area contributed by atoms with E-state index in [9.17, 15) is 0 Å². The van der Waals surface area contributed by atoms with E-state index in [2.05, 4.69) is 39.5 Å². The minimum absolute atomic E-state index is 0.145. The number of thioether (sulfide) groups is 1. The third-order valence-electron chi connectivity index (χ3n) is 5.10. The Kier molecular flexibility index (Phi) is 8.26. The lowest BCUT2D eigenvalue weighted by atomic mass is 9.99. The quantitative estimate of drug-likeness (QED) is 0.616. The van der Waals surface area contributed by atoms with Gasteiger partial charge >= 0.3 is 0 Å². The predicted molar refractivity (Wildman–Crippen MR) is 111 cm³/mol. The average Bonchev–Trinajstić information content (AvgIpc) is 3.10. The van der Waals surface area contributed by atoms with Crippen LogP contribution in [0.1, 0.15) is 43.0 Å². The van der Waals surface area contributed by atoms with E-state index in [0.717, 1.165) is 58.6 Å². The molecule has 1 fully saturated rings. The van der Waals surface area contributed by atoms with Crippen LogP contribution in [0.4, 0.5) is 0 Å². The van der Waals surface area contributed by atoms with Crippen LogP contribution < -0.4 is 5.73 Å². The Morgan fingerprint density at radius 1 is 1.11 bits per heavy atom. The molecule has 1 unspecified atom stereocenters. The van der Waals surface area contributed by atoms with Gasteiger partial charge in [0.25, 0.3) is 0 Å². The molecular formula is C20H32N4O2S. The van der Waals surface area contributed by atoms with Crippen LogP contribution in [0.15, 0.2) is 35.4 Å². The highest BCUT2D eigenvalue weighted by atomic mass is 32.2. The molecule has 0 aliphatic carbocycles. The highest BCUT2D eigenvalue weighted by Crippen LogP contribution is 2.39. The van der Waals surface area contributed by atoms with Crippen molar-refractivity contribution >= 4 is 16.9 Å². The van der Waals surface area contributed by atoms with Crippen LogP contribution in [0.2, 0.25) is 0 Å². The number of ether oxygens (including phenoxy) is 2. The molecule has 0 bridgehead atoms. The van der Waals surface area contributed by atoms with E-state index in [1.54, 1.807) is 18.9 Å². The maximum absolute atomic E-state index is 6.03. The maximum Gasteiger partial charge on any atom is 0.182 e. The lowest BCUT2D eigenvalue weighted by Crippen LogP contribution is -2.44. The average molecular weight is 393 g/mol. The van der Waals surface area contributed by atoms with Crippen molar-refractivity contribution in [2.24, 2.45) is 16.8 Å². The van der Waals surface area contributed by atoms with Crippen LogP contribution in [0, 0.1) is 5.92 Å². The van der Waals surface area contributed by atoms with Gasteiger partial charge in [-0.05, 0) is 43.6 Å². The summed E-state index contributed by atoms with van der Waals surface area (Å²) in [6.07, 6.45) is 5.71. The van der Waals surface area contributed by atoms with E-state index in [0.29, 0.717) is 11.1 Å². The van der Waals surface area contributed by atoms with E-state index in [-0.39, 0.29) is 5.37 Å². The molecule has 2 N–H and O–H groups in total. The van der Waals surface area contributed by atoms with Gasteiger partial charge in [-0.1, -0.05) is 42.1 Å². The number of benzene rings is 1. The largest absolute Gasteiger partial charge is 0.385 e. The molecule has 0 aromatic heterocycles. The molecule has 2 heterocycles. The van der Waals surface area contributed by atoms with E-state index in [1.165, 1.54) is 12.0 Å². The normalized spacial score (nSPS) is 21.6. The number of hydrazine groups is 1. The van der Waals surface area contributed by atoms with Crippen molar-refractivity contribution in [2.75, 3.05) is 40.0 Å². The van der Waals surface area contributed by atoms with Gasteiger partial charge in [-0.25, -0.2) is 10.1 Å². The lowest BCUT2D eigenvalue weighted by molar-refractivity contribution is -0.0635. The molecule has 0 spiro atoms. The van der Waals surface area contributed by atoms with Crippen molar-refractivity contribution in [2.45, 2.75) is 37.5 Å². The van der Waals surface area contributed by atoms with E-state index in [1.807, 2.05) is 6.07 Å². The summed E-state index contributed by atoms with van der Waals surface area (Å²) < 4.78 is 11.0. The Hall–Kier alpha value is -1.28. The fraction of sp³-hybridized carbons (Fsp3) is 0.650. The topological polar surface area (TPSA) is 63.3 Å². The third-order valence-corrected chi connectivity index (χ3v) is 6.11. The Morgan fingerprint density at radius 3 is 2.59 bits per heavy atom. The molecule has 27 heavy (non-hydrogen) atoms. The van der Waals surface area contributed by atoms with E-state index >= 15 is 0 Å². The second-order valence-electron chi connectivity index (χ2n) is 7.16. The van der Waals surface area contributed by atoms with Crippen LogP contribution in [0.25, 0.3) is 0 Å². The minimum atomic E-state index is 0.145. The van der Waals surface area contributed by atoms with Gasteiger partial charge in [0.2, 0.25) is 0 Å². The Morgan fingerprint density at radius 2 is 1.85 bits per heavy atom. The van der Waals surface area contributed by atoms with Crippen LogP contribution >= 0.6 is 11.8 Å². The number of hydrogen-bond donors (Lipinski definition) is 1. The molecule has 0 saturated carbocycles. The smallest absolute Gasteiger partial charge is 0.182 e. The zero-order chi connectivity index (χ0) is 18.9. The summed E-state index contributed by atoms with van der Waals surface area (Å²) in [4.78, 5) is 0. The van der Waals surface area contributed by atoms with Gasteiger partial charge in [0.05, 0.1) is 0 Å². The molecule has 7 heteroatoms. The van der Waals surface area contributed by atoms with Crippen molar-refractivity contribution in [1.29, 1.82) is 0 Å². The molecule has 1 saturated heterocycles. The summed E-state index contributed by atoms with van der Waals surface area (Å²) in [5, 5.41) is 9.79. The van der Waals surface area contributed by atoms with Crippen LogP contribution in [0.5, 0.6) is 0 Å². The molecule has 2 aliphatic heterocycles. The van der Waals surface area contributed by atoms with Crippen molar-refractivity contribution in [1.82, 2.24) is 10.1 Å². The number of methoxy groups -OCH3 is 1. The Balaban J connectivity index is 1.39. The standard InChI is InChI=1S/C20H32N4O2S/c1-25-14-6-3-7-15-26-16-17-10-12-23(13-11-17)24-19(27-20(21)22-24)18-8-4-2-5-9-18/h2,4-5,8-9,17,19H,3,6-7,10-16H2,1H3,(H2,21,22). The van der Waals surface area contributed by atoms with Gasteiger partial charge in [-0.2, -0.15) is 0 Å². The van der Waals surface area contributed by atoms with Crippen LogP contribution in [-0.2, 0) is 9.47 Å². The number of unbranched alkanes of at least 4 members (excludes halogenated alkanes) is 2. The van der Waals surface area contributed by atoms with Crippen molar-refractivity contribution in [3.8, 4) is 0 Å². The van der Waals surface area contributed by atoms with Gasteiger partial charge in [0.1, 0.15) is 5.37 Å². The first-order valence-corrected chi connectivity index (χ1v) is 10.8. The fourth-order valence-electron chi connectivity index (χ4n) is 3.54. The molecule has 1 aromatic rings. The number of nitrogens with two attached hydrogens (primary N) is 1. The Bertz CT molecular complexity index is 579. The summed E-state index contributed by atoms with van der Waals surface area (Å²) in [7, 11) is 1.76. The van der Waals surface area contributed by atoms with Gasteiger partial charge in [0.15, 0.2) is 5.17 Å². The minimum Gasteiger partial charge on any atom is -0.385 e. The van der Waals surface area contributed by atoms with Crippen molar-refractivity contribution in [3.63, 3.8) is 0 Å². The number of hydrogen-bond acceptors (Lipinski definition) is 7. The molecular weight excluding hydrogens is 360 g/mol. The fourth-order valence-corrected chi connectivity index (χ4v) is 4.46. The highest BCUT2D eigenvalue weighted by molar-refractivity contribution is 8.14. The van der Waals surface area contributed by atoms with Gasteiger partial charge in [0, 0.05) is 40.0 Å². The second-order valence-corrected chi connectivity index (χ2v) is 8.27. The number of hydrazone groups is 1. The predicted octanol–water partition coefficient (Wildman–Crippen LogP) is 3.42. The summed E-state index contributed by atoms with van der Waals surface area (Å²) in [6.45, 7) is 4.60. The molecule has 1 aromatic carbocycles. The van der Waals surface area contributed by atoms with Crippen molar-refractivity contribution < 1.29 is 9.47 Å². The highest BCUT2D eigenvalue weighted by Gasteiger charge is 2.34. The second kappa shape index (κ2) is 10.9. The molecule has 2 aliphatic rings. The molecule has 1 atom stereocenters. The first-order valence-electron chi connectivity index (χ1n) is 9.94. The monoisotopic (exact) mass is 392 g/mol. The summed E-state index contributed by atoms with van der Waals surface area (Å²) in [5.74, 6) is 0.645. The number of amidine groups is 1. The number of rotatable bonds is 10. The zero-order valence-electron chi connectivity index (χ0n) is 16.3. The zero-order valence-corrected chi connectivity index (χ0v) is 17.1. The lowest BCUT2D eigenvalue weighted by Gasteiger charge is -2.38. The molecule has 0 amide bonds. The summed E-state index contributed by atoms with van der Waals surface area (Å²) in [6, 6.07) is 10.5. The number of piperidine rings is 1. The molecule has 150 valence electrons. The van der Waals surface area contributed by atoms with Gasteiger partial charge in [-0.3, -0.25) is 0 Å². The first-order chi connectivity index (χ1) is 13.3. The molecule has 3 rings (SSSR count). The third kappa shape index (κ3) is 6.10. The van der Waals surface area contributed by atoms with Crippen LogP contribution in [-0.4, -0.2) is 55.3 Å². The van der Waals surface area contributed by atoms with Gasteiger partial charge in [-0.15, -0.1) is 5.10 Å². The Labute approximate surface area is 167 Å². The van der Waals surface area contributed by atoms with Crippen LogP contribution in [0.3, 0.4) is 0 Å².